The van der Waals surface area contributed by atoms with Gasteiger partial charge in [0.25, 0.3) is 0 Å². The molecule has 0 aliphatic carbocycles. The highest BCUT2D eigenvalue weighted by molar-refractivity contribution is 5.72. The van der Waals surface area contributed by atoms with E-state index >= 15 is 0 Å². The summed E-state index contributed by atoms with van der Waals surface area (Å²) < 4.78 is 0. The van der Waals surface area contributed by atoms with Crippen molar-refractivity contribution in [2.24, 2.45) is 0 Å². The molecule has 0 fully saturated rings. The van der Waals surface area contributed by atoms with Crippen LogP contribution in [0.25, 0.3) is 12.2 Å². The van der Waals surface area contributed by atoms with Crippen molar-refractivity contribution in [1.29, 1.82) is 5.26 Å². The second-order valence-electron chi connectivity index (χ2n) is 3.70. The fourth-order valence-corrected chi connectivity index (χ4v) is 1.53. The summed E-state index contributed by atoms with van der Waals surface area (Å²) in [5, 5.41) is 8.87. The van der Waals surface area contributed by atoms with Gasteiger partial charge in [0.15, 0.2) is 0 Å². The first kappa shape index (κ1) is 11.0. The predicted molar refractivity (Wildman–Crippen MR) is 70.9 cm³/mol. The van der Waals surface area contributed by atoms with Gasteiger partial charge < -0.3 is 5.73 Å². The average Bonchev–Trinajstić information content (AvgIpc) is 2.39. The fourth-order valence-electron chi connectivity index (χ4n) is 1.53. The van der Waals surface area contributed by atoms with Crippen molar-refractivity contribution in [2.45, 2.75) is 0 Å². The maximum absolute atomic E-state index is 8.87. The Morgan fingerprint density at radius 1 is 0.941 bits per heavy atom. The fraction of sp³-hybridized carbons (Fsp3) is 0. The van der Waals surface area contributed by atoms with E-state index < -0.39 is 0 Å². The monoisotopic (exact) mass is 220 g/mol. The molecule has 0 heterocycles. The number of rotatable bonds is 2. The van der Waals surface area contributed by atoms with E-state index in [1.54, 1.807) is 12.1 Å². The van der Waals surface area contributed by atoms with E-state index in [-0.39, 0.29) is 0 Å². The van der Waals surface area contributed by atoms with Crippen molar-refractivity contribution >= 4 is 17.8 Å². The zero-order valence-electron chi connectivity index (χ0n) is 9.30. The average molecular weight is 220 g/mol. The van der Waals surface area contributed by atoms with Crippen LogP contribution < -0.4 is 5.73 Å². The number of hydrogen-bond acceptors (Lipinski definition) is 2. The lowest BCUT2D eigenvalue weighted by atomic mass is 10.1. The summed E-state index contributed by atoms with van der Waals surface area (Å²) in [5.74, 6) is 0. The summed E-state index contributed by atoms with van der Waals surface area (Å²) in [6, 6.07) is 17.5. The van der Waals surface area contributed by atoms with Gasteiger partial charge in [-0.05, 0) is 23.3 Å². The third-order valence-corrected chi connectivity index (χ3v) is 2.47. The molecule has 2 heteroatoms. The van der Waals surface area contributed by atoms with Crippen molar-refractivity contribution in [3.8, 4) is 6.07 Å². The Balaban J connectivity index is 2.26. The first-order chi connectivity index (χ1) is 8.29. The minimum atomic E-state index is 0.514. The number of nitrogens with zero attached hydrogens (tertiary/aromatic N) is 1. The van der Waals surface area contributed by atoms with Gasteiger partial charge in [-0.1, -0.05) is 48.6 Å². The van der Waals surface area contributed by atoms with Crippen LogP contribution in [-0.2, 0) is 0 Å². The SMILES string of the molecule is N#Cc1cc(/C=C/c2ccccc2)ccc1N. The molecule has 0 saturated heterocycles. The van der Waals surface area contributed by atoms with Crippen molar-refractivity contribution in [1.82, 2.24) is 0 Å². The molecule has 82 valence electrons. The summed E-state index contributed by atoms with van der Waals surface area (Å²) >= 11 is 0. The summed E-state index contributed by atoms with van der Waals surface area (Å²) in [6.07, 6.45) is 3.97. The zero-order chi connectivity index (χ0) is 12.1. The Hall–Kier alpha value is -2.53. The van der Waals surface area contributed by atoms with Crippen LogP contribution in [0.3, 0.4) is 0 Å². The molecule has 0 aliphatic rings. The van der Waals surface area contributed by atoms with Gasteiger partial charge in [0.1, 0.15) is 6.07 Å². The van der Waals surface area contributed by atoms with Crippen LogP contribution >= 0.6 is 0 Å². The van der Waals surface area contributed by atoms with Gasteiger partial charge in [-0.25, -0.2) is 0 Å². The highest BCUT2D eigenvalue weighted by Gasteiger charge is 1.97. The summed E-state index contributed by atoms with van der Waals surface area (Å²) in [6.45, 7) is 0. The molecule has 0 saturated carbocycles. The first-order valence-corrected chi connectivity index (χ1v) is 5.32. The number of benzene rings is 2. The van der Waals surface area contributed by atoms with Crippen molar-refractivity contribution in [3.63, 3.8) is 0 Å². The molecule has 0 amide bonds. The van der Waals surface area contributed by atoms with Crippen LogP contribution in [0.4, 0.5) is 5.69 Å². The predicted octanol–water partition coefficient (Wildman–Crippen LogP) is 3.31. The zero-order valence-corrected chi connectivity index (χ0v) is 9.30. The quantitative estimate of drug-likeness (QED) is 0.623. The molecule has 2 rings (SSSR count). The van der Waals surface area contributed by atoms with Crippen LogP contribution in [0.15, 0.2) is 48.5 Å². The molecule has 0 radical (unpaired) electrons. The summed E-state index contributed by atoms with van der Waals surface area (Å²) in [7, 11) is 0. The number of hydrogen-bond donors (Lipinski definition) is 1. The van der Waals surface area contributed by atoms with Crippen molar-refractivity contribution < 1.29 is 0 Å². The molecular weight excluding hydrogens is 208 g/mol. The highest BCUT2D eigenvalue weighted by atomic mass is 14.6. The van der Waals surface area contributed by atoms with E-state index in [2.05, 4.69) is 6.07 Å². The van der Waals surface area contributed by atoms with E-state index in [4.69, 9.17) is 11.0 Å². The molecule has 0 bridgehead atoms. The maximum atomic E-state index is 8.87. The van der Waals surface area contributed by atoms with Gasteiger partial charge in [-0.15, -0.1) is 0 Å². The Morgan fingerprint density at radius 3 is 2.35 bits per heavy atom. The third-order valence-electron chi connectivity index (χ3n) is 2.47. The Morgan fingerprint density at radius 2 is 1.65 bits per heavy atom. The maximum Gasteiger partial charge on any atom is 0.101 e. The second kappa shape index (κ2) is 5.00. The number of anilines is 1. The van der Waals surface area contributed by atoms with E-state index in [9.17, 15) is 0 Å². The lowest BCUT2D eigenvalue weighted by Gasteiger charge is -1.98. The normalized spacial score (nSPS) is 10.3. The summed E-state index contributed by atoms with van der Waals surface area (Å²) in [5.41, 5.74) is 8.79. The second-order valence-corrected chi connectivity index (χ2v) is 3.70. The minimum Gasteiger partial charge on any atom is -0.398 e. The standard InChI is InChI=1S/C15H12N2/c16-11-14-10-13(8-9-15(14)17)7-6-12-4-2-1-3-5-12/h1-10H,17H2/b7-6+. The van der Waals surface area contributed by atoms with Crippen molar-refractivity contribution in [3.05, 3.63) is 65.2 Å². The lowest BCUT2D eigenvalue weighted by molar-refractivity contribution is 1.48. The van der Waals surface area contributed by atoms with Gasteiger partial charge in [0.05, 0.1) is 5.56 Å². The molecule has 2 aromatic rings. The van der Waals surface area contributed by atoms with Gasteiger partial charge in [0, 0.05) is 5.69 Å². The molecule has 2 N–H and O–H groups in total. The Bertz CT molecular complexity index is 578. The van der Waals surface area contributed by atoms with E-state index in [1.165, 1.54) is 0 Å². The van der Waals surface area contributed by atoms with Gasteiger partial charge >= 0.3 is 0 Å². The van der Waals surface area contributed by atoms with Crippen LogP contribution in [0.2, 0.25) is 0 Å². The molecule has 0 aliphatic heterocycles. The molecule has 17 heavy (non-hydrogen) atoms. The largest absolute Gasteiger partial charge is 0.398 e. The molecule has 2 aromatic carbocycles. The van der Waals surface area contributed by atoms with Crippen LogP contribution in [0, 0.1) is 11.3 Å². The third kappa shape index (κ3) is 2.73. The van der Waals surface area contributed by atoms with Gasteiger partial charge in [0.2, 0.25) is 0 Å². The number of nitriles is 1. The molecule has 0 aromatic heterocycles. The molecule has 0 unspecified atom stereocenters. The molecular formula is C15H12N2. The van der Waals surface area contributed by atoms with E-state index in [0.717, 1.165) is 11.1 Å². The summed E-state index contributed by atoms with van der Waals surface area (Å²) in [4.78, 5) is 0. The van der Waals surface area contributed by atoms with Crippen molar-refractivity contribution in [2.75, 3.05) is 5.73 Å². The molecule has 2 nitrogen and oxygen atoms in total. The van der Waals surface area contributed by atoms with E-state index in [0.29, 0.717) is 11.3 Å². The number of nitrogens with two attached hydrogens (primary N) is 1. The number of nitrogen functional groups attached to an aromatic ring is 1. The highest BCUT2D eigenvalue weighted by Crippen LogP contribution is 2.15. The Kier molecular flexibility index (Phi) is 3.23. The van der Waals surface area contributed by atoms with Crippen LogP contribution in [-0.4, -0.2) is 0 Å². The first-order valence-electron chi connectivity index (χ1n) is 5.32. The van der Waals surface area contributed by atoms with Crippen LogP contribution in [0.1, 0.15) is 16.7 Å². The van der Waals surface area contributed by atoms with Gasteiger partial charge in [-0.3, -0.25) is 0 Å². The Labute approximate surface area is 101 Å². The van der Waals surface area contributed by atoms with Crippen LogP contribution in [0.5, 0.6) is 0 Å². The van der Waals surface area contributed by atoms with E-state index in [1.807, 2.05) is 48.6 Å². The lowest BCUT2D eigenvalue weighted by Crippen LogP contribution is -1.89. The smallest absolute Gasteiger partial charge is 0.101 e. The van der Waals surface area contributed by atoms with Gasteiger partial charge in [-0.2, -0.15) is 5.26 Å². The topological polar surface area (TPSA) is 49.8 Å². The minimum absolute atomic E-state index is 0.514. The molecule has 0 atom stereocenters. The molecule has 0 spiro atoms.